The quantitative estimate of drug-likeness (QED) is 0.508. The lowest BCUT2D eigenvalue weighted by Gasteiger charge is -2.31. The van der Waals surface area contributed by atoms with Gasteiger partial charge in [0, 0.05) is 34.3 Å². The first-order valence-electron chi connectivity index (χ1n) is 9.83. The molecule has 1 saturated heterocycles. The Labute approximate surface area is 172 Å². The number of thiophene rings is 1. The van der Waals surface area contributed by atoms with Crippen molar-refractivity contribution < 1.29 is 4.79 Å². The molecule has 29 heavy (non-hydrogen) atoms. The molecule has 4 aromatic rings. The van der Waals surface area contributed by atoms with Gasteiger partial charge in [-0.3, -0.25) is 4.79 Å². The van der Waals surface area contributed by atoms with Crippen LogP contribution in [0.1, 0.15) is 30.1 Å². The number of benzene rings is 2. The molecule has 1 unspecified atom stereocenters. The lowest BCUT2D eigenvalue weighted by atomic mass is 9.97. The Bertz CT molecular complexity index is 1170. The zero-order chi connectivity index (χ0) is 19.8. The number of piperidine rings is 1. The highest BCUT2D eigenvalue weighted by molar-refractivity contribution is 7.17. The zero-order valence-electron chi connectivity index (χ0n) is 16.2. The van der Waals surface area contributed by atoms with Crippen LogP contribution in [0, 0.1) is 5.92 Å². The molecule has 0 saturated carbocycles. The molecule has 1 fully saturated rings. The molecule has 5 rings (SSSR count). The van der Waals surface area contributed by atoms with E-state index in [2.05, 4.69) is 40.0 Å². The third-order valence-electron chi connectivity index (χ3n) is 5.51. The molecule has 0 aliphatic carbocycles. The van der Waals surface area contributed by atoms with Gasteiger partial charge in [-0.05, 0) is 64.4 Å². The van der Waals surface area contributed by atoms with Gasteiger partial charge in [0.25, 0.3) is 5.91 Å². The normalized spacial score (nSPS) is 17.0. The van der Waals surface area contributed by atoms with E-state index in [1.807, 2.05) is 35.2 Å². The van der Waals surface area contributed by atoms with Crippen molar-refractivity contribution >= 4 is 27.3 Å². The van der Waals surface area contributed by atoms with Crippen LogP contribution in [-0.4, -0.2) is 44.1 Å². The van der Waals surface area contributed by atoms with Gasteiger partial charge in [0.15, 0.2) is 0 Å². The van der Waals surface area contributed by atoms with Crippen LogP contribution in [0.25, 0.3) is 26.9 Å². The number of hydrogen-bond donors (Lipinski definition) is 0. The summed E-state index contributed by atoms with van der Waals surface area (Å²) in [6.45, 7) is 3.83. The lowest BCUT2D eigenvalue weighted by Crippen LogP contribution is -2.39. The molecule has 1 amide bonds. The highest BCUT2D eigenvalue weighted by Crippen LogP contribution is 2.35. The van der Waals surface area contributed by atoms with Crippen molar-refractivity contribution in [3.8, 4) is 16.8 Å². The molecule has 0 radical (unpaired) electrons. The molecular weight excluding hydrogens is 382 g/mol. The number of hydrogen-bond acceptors (Lipinski definition) is 5. The maximum Gasteiger partial charge on any atom is 0.253 e. The average molecular weight is 404 g/mol. The summed E-state index contributed by atoms with van der Waals surface area (Å²) in [5, 5.41) is 14.9. The van der Waals surface area contributed by atoms with Crippen LogP contribution in [0.2, 0.25) is 0 Å². The van der Waals surface area contributed by atoms with Crippen molar-refractivity contribution in [1.82, 2.24) is 25.1 Å². The summed E-state index contributed by atoms with van der Waals surface area (Å²) in [4.78, 5) is 15.3. The van der Waals surface area contributed by atoms with Crippen molar-refractivity contribution in [3.05, 3.63) is 59.7 Å². The second-order valence-corrected chi connectivity index (χ2v) is 8.58. The number of nitrogens with zero attached hydrogens (tertiary/aromatic N) is 5. The summed E-state index contributed by atoms with van der Waals surface area (Å²) in [7, 11) is 0. The molecule has 2 aromatic carbocycles. The van der Waals surface area contributed by atoms with Crippen molar-refractivity contribution in [2.45, 2.75) is 19.8 Å². The Morgan fingerprint density at radius 3 is 2.93 bits per heavy atom. The Kier molecular flexibility index (Phi) is 4.60. The van der Waals surface area contributed by atoms with Gasteiger partial charge in [-0.2, -0.15) is 0 Å². The molecule has 0 bridgehead atoms. The fraction of sp³-hybridized carbons (Fsp3) is 0.273. The van der Waals surface area contributed by atoms with E-state index >= 15 is 0 Å². The predicted molar refractivity (Wildman–Crippen MR) is 114 cm³/mol. The van der Waals surface area contributed by atoms with E-state index in [0.717, 1.165) is 36.3 Å². The van der Waals surface area contributed by atoms with E-state index in [-0.39, 0.29) is 5.91 Å². The van der Waals surface area contributed by atoms with Crippen molar-refractivity contribution in [3.63, 3.8) is 0 Å². The lowest BCUT2D eigenvalue weighted by molar-refractivity contribution is 0.0683. The molecule has 6 nitrogen and oxygen atoms in total. The summed E-state index contributed by atoms with van der Waals surface area (Å²) >= 11 is 1.71. The van der Waals surface area contributed by atoms with E-state index < -0.39 is 0 Å². The first kappa shape index (κ1) is 18.0. The maximum absolute atomic E-state index is 13.3. The summed E-state index contributed by atoms with van der Waals surface area (Å²) in [5.74, 6) is 0.614. The first-order valence-corrected chi connectivity index (χ1v) is 10.7. The number of fused-ring (bicyclic) bond motifs is 1. The van der Waals surface area contributed by atoms with Gasteiger partial charge in [-0.1, -0.05) is 25.1 Å². The molecule has 0 spiro atoms. The monoisotopic (exact) mass is 403 g/mol. The van der Waals surface area contributed by atoms with E-state index in [1.54, 1.807) is 22.3 Å². The third kappa shape index (κ3) is 3.42. The largest absolute Gasteiger partial charge is 0.338 e. The number of carbonyl (C=O) groups excluding carboxylic acids is 1. The molecular formula is C22H21N5OS. The number of rotatable bonds is 3. The van der Waals surface area contributed by atoms with Crippen molar-refractivity contribution in [2.75, 3.05) is 13.1 Å². The molecule has 1 atom stereocenters. The molecule has 2 aromatic heterocycles. The molecule has 1 aliphatic heterocycles. The highest BCUT2D eigenvalue weighted by atomic mass is 32.1. The number of likely N-dealkylation sites (tertiary alicyclic amines) is 1. The number of tetrazole rings is 1. The van der Waals surface area contributed by atoms with Gasteiger partial charge in [-0.25, -0.2) is 4.68 Å². The van der Waals surface area contributed by atoms with Gasteiger partial charge in [0.2, 0.25) is 0 Å². The van der Waals surface area contributed by atoms with Crippen LogP contribution in [-0.2, 0) is 0 Å². The summed E-state index contributed by atoms with van der Waals surface area (Å²) in [6.07, 6.45) is 3.80. The van der Waals surface area contributed by atoms with Gasteiger partial charge in [0.1, 0.15) is 6.33 Å². The average Bonchev–Trinajstić information content (AvgIpc) is 3.43. The molecule has 7 heteroatoms. The van der Waals surface area contributed by atoms with Crippen molar-refractivity contribution in [2.24, 2.45) is 5.92 Å². The number of carbonyl (C=O) groups is 1. The van der Waals surface area contributed by atoms with E-state index in [4.69, 9.17) is 0 Å². The minimum Gasteiger partial charge on any atom is -0.338 e. The second-order valence-electron chi connectivity index (χ2n) is 7.67. The smallest absolute Gasteiger partial charge is 0.253 e. The fourth-order valence-corrected chi connectivity index (χ4v) is 5.03. The topological polar surface area (TPSA) is 63.9 Å². The zero-order valence-corrected chi connectivity index (χ0v) is 17.0. The first-order chi connectivity index (χ1) is 14.2. The summed E-state index contributed by atoms with van der Waals surface area (Å²) in [5.41, 5.74) is 3.60. The van der Waals surface area contributed by atoms with Gasteiger partial charge >= 0.3 is 0 Å². The standard InChI is InChI=1S/C22H21N5OS/c1-15-5-4-8-26(12-15)22(28)17-9-16(10-18(11-17)27-14-23-24-25-27)20-13-29-21-7-3-2-6-19(20)21/h2-3,6-7,9-11,13-15H,4-5,8,12H2,1H3. The van der Waals surface area contributed by atoms with Crippen LogP contribution in [0.4, 0.5) is 0 Å². The van der Waals surface area contributed by atoms with E-state index in [9.17, 15) is 4.79 Å². The fourth-order valence-electron chi connectivity index (χ4n) is 4.06. The second kappa shape index (κ2) is 7.40. The maximum atomic E-state index is 13.3. The summed E-state index contributed by atoms with van der Waals surface area (Å²) in [6, 6.07) is 14.3. The summed E-state index contributed by atoms with van der Waals surface area (Å²) < 4.78 is 2.83. The minimum absolute atomic E-state index is 0.0762. The molecule has 146 valence electrons. The number of amides is 1. The molecule has 1 aliphatic rings. The Morgan fingerprint density at radius 1 is 1.21 bits per heavy atom. The SMILES string of the molecule is CC1CCCN(C(=O)c2cc(-c3csc4ccccc34)cc(-n3cnnn3)c2)C1. The van der Waals surface area contributed by atoms with E-state index in [1.165, 1.54) is 16.5 Å². The highest BCUT2D eigenvalue weighted by Gasteiger charge is 2.23. The van der Waals surface area contributed by atoms with Gasteiger partial charge in [-0.15, -0.1) is 16.4 Å². The van der Waals surface area contributed by atoms with Gasteiger partial charge in [0.05, 0.1) is 5.69 Å². The third-order valence-corrected chi connectivity index (χ3v) is 6.48. The van der Waals surface area contributed by atoms with E-state index in [0.29, 0.717) is 11.5 Å². The van der Waals surface area contributed by atoms with Crippen LogP contribution in [0.5, 0.6) is 0 Å². The Balaban J connectivity index is 1.62. The van der Waals surface area contributed by atoms with Crippen LogP contribution >= 0.6 is 11.3 Å². The van der Waals surface area contributed by atoms with Crippen LogP contribution < -0.4 is 0 Å². The predicted octanol–water partition coefficient (Wildman–Crippen LogP) is 4.42. The van der Waals surface area contributed by atoms with Gasteiger partial charge < -0.3 is 4.90 Å². The molecule has 3 heterocycles. The number of aromatic nitrogens is 4. The van der Waals surface area contributed by atoms with Crippen LogP contribution in [0.3, 0.4) is 0 Å². The molecule has 0 N–H and O–H groups in total. The van der Waals surface area contributed by atoms with Crippen molar-refractivity contribution in [1.29, 1.82) is 0 Å². The minimum atomic E-state index is 0.0762. The Morgan fingerprint density at radius 2 is 2.10 bits per heavy atom. The Hall–Kier alpha value is -3.06. The van der Waals surface area contributed by atoms with Crippen LogP contribution in [0.15, 0.2) is 54.2 Å².